The summed E-state index contributed by atoms with van der Waals surface area (Å²) in [4.78, 5) is 34.2. The van der Waals surface area contributed by atoms with Gasteiger partial charge < -0.3 is 15.0 Å². The van der Waals surface area contributed by atoms with E-state index in [4.69, 9.17) is 27.9 Å². The van der Waals surface area contributed by atoms with Gasteiger partial charge in [-0.1, -0.05) is 29.3 Å². The van der Waals surface area contributed by atoms with Gasteiger partial charge in [0.05, 0.1) is 25.3 Å². The van der Waals surface area contributed by atoms with Crippen molar-refractivity contribution in [3.05, 3.63) is 49.9 Å². The average molecular weight is 483 g/mol. The first-order valence-corrected chi connectivity index (χ1v) is 11.8. The number of halogens is 2. The summed E-state index contributed by atoms with van der Waals surface area (Å²) in [5, 5.41) is 4.85. The van der Waals surface area contributed by atoms with Gasteiger partial charge in [0.25, 0.3) is 5.91 Å². The van der Waals surface area contributed by atoms with Gasteiger partial charge in [0.15, 0.2) is 0 Å². The Bertz CT molecular complexity index is 940. The molecule has 0 bridgehead atoms. The van der Waals surface area contributed by atoms with Crippen LogP contribution in [0.1, 0.15) is 26.7 Å². The fourth-order valence-corrected chi connectivity index (χ4v) is 5.07. The summed E-state index contributed by atoms with van der Waals surface area (Å²) in [6, 6.07) is 5.20. The summed E-state index contributed by atoms with van der Waals surface area (Å²) >= 11 is 13.4. The van der Waals surface area contributed by atoms with Crippen molar-refractivity contribution in [3.8, 4) is 0 Å². The van der Waals surface area contributed by atoms with Gasteiger partial charge in [-0.05, 0) is 24.1 Å². The van der Waals surface area contributed by atoms with E-state index in [0.717, 1.165) is 43.2 Å². The second-order valence-electron chi connectivity index (χ2n) is 7.70. The maximum Gasteiger partial charge on any atom is 0.263 e. The lowest BCUT2D eigenvalue weighted by Crippen LogP contribution is -2.50. The van der Waals surface area contributed by atoms with Crippen LogP contribution in [0.15, 0.2) is 24.4 Å². The van der Waals surface area contributed by atoms with Crippen LogP contribution in [0.5, 0.6) is 0 Å². The molecule has 2 saturated heterocycles. The van der Waals surface area contributed by atoms with E-state index in [1.807, 2.05) is 4.90 Å². The molecule has 166 valence electrons. The lowest BCUT2D eigenvalue weighted by Gasteiger charge is -2.35. The zero-order chi connectivity index (χ0) is 21.8. The van der Waals surface area contributed by atoms with Crippen molar-refractivity contribution >= 4 is 46.4 Å². The van der Waals surface area contributed by atoms with Gasteiger partial charge >= 0.3 is 0 Å². The summed E-state index contributed by atoms with van der Waals surface area (Å²) in [6.45, 7) is 5.27. The van der Waals surface area contributed by atoms with Gasteiger partial charge in [-0.25, -0.2) is 4.98 Å². The lowest BCUT2D eigenvalue weighted by atomic mass is 10.1. The number of carbonyl (C=O) groups excluding carboxylic acids is 2. The summed E-state index contributed by atoms with van der Waals surface area (Å²) in [5.74, 6) is 0.0597. The van der Waals surface area contributed by atoms with E-state index in [2.05, 4.69) is 15.2 Å². The molecule has 2 aliphatic rings. The van der Waals surface area contributed by atoms with E-state index in [9.17, 15) is 9.59 Å². The van der Waals surface area contributed by atoms with Crippen LogP contribution < -0.4 is 5.32 Å². The Morgan fingerprint density at radius 3 is 2.74 bits per heavy atom. The fraction of sp³-hybridized carbons (Fsp3) is 0.476. The van der Waals surface area contributed by atoms with Crippen LogP contribution >= 0.6 is 34.5 Å². The number of hydrogen-bond donors (Lipinski definition) is 1. The molecule has 1 aromatic heterocycles. The Morgan fingerprint density at radius 1 is 1.23 bits per heavy atom. The number of nitrogens with zero attached hydrogens (tertiary/aromatic N) is 3. The molecular weight excluding hydrogens is 459 g/mol. The number of rotatable bonds is 6. The van der Waals surface area contributed by atoms with Crippen molar-refractivity contribution in [1.82, 2.24) is 20.1 Å². The Labute approximate surface area is 195 Å². The molecule has 2 fully saturated rings. The van der Waals surface area contributed by atoms with Gasteiger partial charge in [-0.15, -0.1) is 11.3 Å². The van der Waals surface area contributed by atoms with E-state index in [0.29, 0.717) is 41.2 Å². The second kappa shape index (κ2) is 10.3. The first kappa shape index (κ1) is 22.5. The molecule has 1 atom stereocenters. The molecule has 0 radical (unpaired) electrons. The topological polar surface area (TPSA) is 74.8 Å². The second-order valence-corrected chi connectivity index (χ2v) is 9.66. The molecule has 4 rings (SSSR count). The van der Waals surface area contributed by atoms with Gasteiger partial charge in [0.1, 0.15) is 9.88 Å². The van der Waals surface area contributed by atoms with Crippen LogP contribution in [0.2, 0.25) is 10.0 Å². The third kappa shape index (κ3) is 5.75. The molecule has 0 spiro atoms. The monoisotopic (exact) mass is 482 g/mol. The summed E-state index contributed by atoms with van der Waals surface area (Å²) in [6.07, 6.45) is 2.44. The van der Waals surface area contributed by atoms with E-state index in [-0.39, 0.29) is 17.7 Å². The number of hydrogen-bond acceptors (Lipinski definition) is 6. The maximum atomic E-state index is 12.5. The number of aromatic nitrogens is 1. The summed E-state index contributed by atoms with van der Waals surface area (Å²) in [5.41, 5.74) is 0.806. The smallest absolute Gasteiger partial charge is 0.263 e. The number of carbonyl (C=O) groups is 2. The number of amides is 2. The molecule has 31 heavy (non-hydrogen) atoms. The summed E-state index contributed by atoms with van der Waals surface area (Å²) < 4.78 is 5.33. The van der Waals surface area contributed by atoms with Crippen LogP contribution in [0.4, 0.5) is 0 Å². The number of thiazole rings is 1. The van der Waals surface area contributed by atoms with Crippen LogP contribution in [0, 0.1) is 5.92 Å². The minimum Gasteiger partial charge on any atom is -0.381 e. The van der Waals surface area contributed by atoms with E-state index in [1.165, 1.54) is 11.3 Å². The van der Waals surface area contributed by atoms with Crippen molar-refractivity contribution in [2.24, 2.45) is 5.92 Å². The van der Waals surface area contributed by atoms with Gasteiger partial charge in [0.2, 0.25) is 5.91 Å². The fourth-order valence-electron chi connectivity index (χ4n) is 3.72. The lowest BCUT2D eigenvalue weighted by molar-refractivity contribution is -0.137. The predicted octanol–water partition coefficient (Wildman–Crippen LogP) is 3.06. The van der Waals surface area contributed by atoms with Crippen molar-refractivity contribution in [2.75, 3.05) is 39.4 Å². The SMILES string of the molecule is O=C(NCc1ccc(Cl)cc1Cl)c1cnc(CN2CCN(C(=O)C3CCOC3)CC2)s1. The van der Waals surface area contributed by atoms with Crippen LogP contribution in [-0.2, 0) is 22.6 Å². The third-order valence-corrected chi connectivity index (χ3v) is 7.12. The first-order chi connectivity index (χ1) is 15.0. The number of nitrogens with one attached hydrogen (secondary N) is 1. The molecule has 2 aromatic rings. The molecular formula is C21H24Cl2N4O3S. The van der Waals surface area contributed by atoms with E-state index >= 15 is 0 Å². The van der Waals surface area contributed by atoms with Crippen LogP contribution in [0.3, 0.4) is 0 Å². The third-order valence-electron chi connectivity index (χ3n) is 5.55. The molecule has 3 heterocycles. The Kier molecular flexibility index (Phi) is 7.45. The van der Waals surface area contributed by atoms with Crippen LogP contribution in [-0.4, -0.2) is 66.0 Å². The van der Waals surface area contributed by atoms with E-state index < -0.39 is 0 Å². The highest BCUT2D eigenvalue weighted by Crippen LogP contribution is 2.22. The highest BCUT2D eigenvalue weighted by Gasteiger charge is 2.30. The number of ether oxygens (including phenoxy) is 1. The predicted molar refractivity (Wildman–Crippen MR) is 121 cm³/mol. The normalized spacial score (nSPS) is 19.5. The number of piperazine rings is 1. The van der Waals surface area contributed by atoms with Gasteiger partial charge in [-0.3, -0.25) is 14.5 Å². The zero-order valence-corrected chi connectivity index (χ0v) is 19.3. The molecule has 1 N–H and O–H groups in total. The molecule has 1 unspecified atom stereocenters. The minimum atomic E-state index is -0.177. The molecule has 10 heteroatoms. The van der Waals surface area contributed by atoms with Crippen LogP contribution in [0.25, 0.3) is 0 Å². The molecule has 2 amide bonds. The molecule has 2 aliphatic heterocycles. The average Bonchev–Trinajstić information content (AvgIpc) is 3.45. The standard InChI is InChI=1S/C21H24Cl2N4O3S/c22-16-2-1-14(17(23)9-16)10-25-20(28)18-11-24-19(31-18)12-26-4-6-27(7-5-26)21(29)15-3-8-30-13-15/h1-2,9,11,15H,3-8,10,12-13H2,(H,25,28). The Hall–Kier alpha value is -1.71. The molecule has 0 aliphatic carbocycles. The first-order valence-electron chi connectivity index (χ1n) is 10.3. The van der Waals surface area contributed by atoms with Crippen molar-refractivity contribution in [1.29, 1.82) is 0 Å². The molecule has 0 saturated carbocycles. The maximum absolute atomic E-state index is 12.5. The van der Waals surface area contributed by atoms with Crippen molar-refractivity contribution < 1.29 is 14.3 Å². The Morgan fingerprint density at radius 2 is 2.03 bits per heavy atom. The van der Waals surface area contributed by atoms with Gasteiger partial charge in [0, 0.05) is 49.4 Å². The zero-order valence-electron chi connectivity index (χ0n) is 17.0. The highest BCUT2D eigenvalue weighted by molar-refractivity contribution is 7.13. The van der Waals surface area contributed by atoms with Crippen molar-refractivity contribution in [3.63, 3.8) is 0 Å². The Balaban J connectivity index is 1.24. The quantitative estimate of drug-likeness (QED) is 0.684. The minimum absolute atomic E-state index is 0.0225. The highest BCUT2D eigenvalue weighted by atomic mass is 35.5. The van der Waals surface area contributed by atoms with E-state index in [1.54, 1.807) is 24.4 Å². The number of benzene rings is 1. The summed E-state index contributed by atoms with van der Waals surface area (Å²) in [7, 11) is 0. The largest absolute Gasteiger partial charge is 0.381 e. The molecule has 7 nitrogen and oxygen atoms in total. The van der Waals surface area contributed by atoms with Gasteiger partial charge in [-0.2, -0.15) is 0 Å². The molecule has 1 aromatic carbocycles. The van der Waals surface area contributed by atoms with Crippen molar-refractivity contribution in [2.45, 2.75) is 19.5 Å².